The van der Waals surface area contributed by atoms with Crippen LogP contribution in [0.15, 0.2) is 58.6 Å². The van der Waals surface area contributed by atoms with E-state index in [-0.39, 0.29) is 17.2 Å². The second-order valence-electron chi connectivity index (χ2n) is 6.99. The van der Waals surface area contributed by atoms with Gasteiger partial charge in [0, 0.05) is 5.69 Å². The Kier molecular flexibility index (Phi) is 5.77. The van der Waals surface area contributed by atoms with Crippen LogP contribution in [0.3, 0.4) is 0 Å². The van der Waals surface area contributed by atoms with Crippen molar-refractivity contribution in [1.29, 1.82) is 0 Å². The molecular weight excluding hydrogens is 414 g/mol. The Bertz CT molecular complexity index is 1330. The monoisotopic (exact) mass is 435 g/mol. The zero-order valence-electron chi connectivity index (χ0n) is 17.3. The molecule has 9 heteroatoms. The number of aromatic amines is 1. The minimum Gasteiger partial charge on any atom is -0.494 e. The van der Waals surface area contributed by atoms with Gasteiger partial charge in [0.05, 0.1) is 19.1 Å². The molecule has 0 spiro atoms. The molecule has 4 rings (SSSR count). The number of carbonyl (C=O) groups is 1. The molecule has 0 saturated heterocycles. The second kappa shape index (κ2) is 8.65. The van der Waals surface area contributed by atoms with E-state index in [9.17, 15) is 9.59 Å². The Morgan fingerprint density at radius 2 is 2.03 bits per heavy atom. The highest BCUT2D eigenvalue weighted by Crippen LogP contribution is 2.25. The van der Waals surface area contributed by atoms with Crippen molar-refractivity contribution in [1.82, 2.24) is 19.7 Å². The number of hydrogen-bond donors (Lipinski definition) is 2. The Labute approximate surface area is 182 Å². The number of carbonyl (C=O) groups excluding carboxylic acids is 1. The van der Waals surface area contributed by atoms with E-state index in [4.69, 9.17) is 4.74 Å². The molecule has 2 N–H and O–H groups in total. The second-order valence-corrected chi connectivity index (χ2v) is 7.96. The largest absolute Gasteiger partial charge is 0.494 e. The van der Waals surface area contributed by atoms with E-state index in [1.165, 1.54) is 6.20 Å². The number of aromatic nitrogens is 4. The lowest BCUT2D eigenvalue weighted by Gasteiger charge is -2.10. The molecule has 31 heavy (non-hydrogen) atoms. The number of para-hydroxylation sites is 2. The summed E-state index contributed by atoms with van der Waals surface area (Å²) in [4.78, 5) is 32.2. The Balaban J connectivity index is 1.58. The summed E-state index contributed by atoms with van der Waals surface area (Å²) in [5, 5.41) is 7.91. The van der Waals surface area contributed by atoms with Gasteiger partial charge in [-0.05, 0) is 43.2 Å². The number of hydrogen-bond acceptors (Lipinski definition) is 6. The first-order chi connectivity index (χ1) is 15.0. The minimum absolute atomic E-state index is 0.102. The summed E-state index contributed by atoms with van der Waals surface area (Å²) in [6, 6.07) is 13.2. The summed E-state index contributed by atoms with van der Waals surface area (Å²) in [5.41, 5.74) is 3.57. The molecule has 0 aliphatic carbocycles. The third-order valence-corrected chi connectivity index (χ3v) is 5.61. The van der Waals surface area contributed by atoms with Gasteiger partial charge in [0.1, 0.15) is 16.8 Å². The van der Waals surface area contributed by atoms with E-state index < -0.39 is 0 Å². The number of ether oxygens (including phenoxy) is 1. The standard InChI is InChI=1S/C22H21N5O3S/c1-13-8-9-14(2)16(10-13)24-19(28)12-31-22-25-20-15(21(29)26-22)11-23-27(20)17-6-4-5-7-18(17)30-3/h4-11H,12H2,1-3H3,(H,24,28)(H,25,26,29). The number of nitrogens with zero attached hydrogens (tertiary/aromatic N) is 3. The van der Waals surface area contributed by atoms with Gasteiger partial charge >= 0.3 is 0 Å². The topological polar surface area (TPSA) is 102 Å². The predicted octanol–water partition coefficient (Wildman–Crippen LogP) is 3.47. The highest BCUT2D eigenvalue weighted by Gasteiger charge is 2.15. The molecule has 0 bridgehead atoms. The van der Waals surface area contributed by atoms with Crippen LogP contribution in [-0.4, -0.2) is 38.5 Å². The van der Waals surface area contributed by atoms with Crippen LogP contribution in [-0.2, 0) is 4.79 Å². The first kappa shape index (κ1) is 20.7. The van der Waals surface area contributed by atoms with E-state index in [1.54, 1.807) is 11.8 Å². The van der Waals surface area contributed by atoms with Gasteiger partial charge in [0.15, 0.2) is 10.8 Å². The smallest absolute Gasteiger partial charge is 0.262 e. The van der Waals surface area contributed by atoms with Crippen LogP contribution < -0.4 is 15.6 Å². The zero-order chi connectivity index (χ0) is 22.0. The lowest BCUT2D eigenvalue weighted by molar-refractivity contribution is -0.113. The Hall–Kier alpha value is -3.59. The number of thioether (sulfide) groups is 1. The number of nitrogens with one attached hydrogen (secondary N) is 2. The average Bonchev–Trinajstić information content (AvgIpc) is 3.19. The van der Waals surface area contributed by atoms with E-state index in [1.807, 2.05) is 56.3 Å². The van der Waals surface area contributed by atoms with Crippen LogP contribution in [0.4, 0.5) is 5.69 Å². The highest BCUT2D eigenvalue weighted by molar-refractivity contribution is 7.99. The maximum Gasteiger partial charge on any atom is 0.262 e. The third-order valence-electron chi connectivity index (χ3n) is 4.74. The summed E-state index contributed by atoms with van der Waals surface area (Å²) >= 11 is 1.15. The molecule has 2 heterocycles. The molecule has 0 unspecified atom stereocenters. The molecule has 0 fully saturated rings. The summed E-state index contributed by atoms with van der Waals surface area (Å²) in [6.07, 6.45) is 1.47. The van der Waals surface area contributed by atoms with Gasteiger partial charge in [0.25, 0.3) is 5.56 Å². The molecule has 2 aromatic heterocycles. The lowest BCUT2D eigenvalue weighted by atomic mass is 10.1. The van der Waals surface area contributed by atoms with Crippen LogP contribution in [0.25, 0.3) is 16.7 Å². The fourth-order valence-corrected chi connectivity index (χ4v) is 3.79. The number of aryl methyl sites for hydroxylation is 2. The van der Waals surface area contributed by atoms with Gasteiger partial charge in [-0.2, -0.15) is 5.10 Å². The van der Waals surface area contributed by atoms with E-state index in [0.29, 0.717) is 27.6 Å². The summed E-state index contributed by atoms with van der Waals surface area (Å²) in [5.74, 6) is 0.529. The summed E-state index contributed by atoms with van der Waals surface area (Å²) < 4.78 is 6.96. The SMILES string of the molecule is COc1ccccc1-n1ncc2c(=O)[nH]c(SCC(=O)Nc3cc(C)ccc3C)nc21. The van der Waals surface area contributed by atoms with Crippen LogP contribution >= 0.6 is 11.8 Å². The maximum atomic E-state index is 12.5. The maximum absolute atomic E-state index is 12.5. The van der Waals surface area contributed by atoms with Gasteiger partial charge in [-0.1, -0.05) is 36.0 Å². The summed E-state index contributed by atoms with van der Waals surface area (Å²) in [6.45, 7) is 3.91. The van der Waals surface area contributed by atoms with Gasteiger partial charge in [0.2, 0.25) is 5.91 Å². The van der Waals surface area contributed by atoms with E-state index in [0.717, 1.165) is 28.6 Å². The Morgan fingerprint density at radius 3 is 2.84 bits per heavy atom. The van der Waals surface area contributed by atoms with Crippen molar-refractivity contribution in [2.75, 3.05) is 18.2 Å². The van der Waals surface area contributed by atoms with Crippen LogP contribution in [0, 0.1) is 13.8 Å². The van der Waals surface area contributed by atoms with Crippen molar-refractivity contribution < 1.29 is 9.53 Å². The third kappa shape index (κ3) is 4.31. The first-order valence-electron chi connectivity index (χ1n) is 9.57. The van der Waals surface area contributed by atoms with Crippen LogP contribution in [0.2, 0.25) is 0 Å². The van der Waals surface area contributed by atoms with Crippen molar-refractivity contribution in [2.24, 2.45) is 0 Å². The molecule has 158 valence electrons. The number of H-pyrrole nitrogens is 1. The molecule has 0 aliphatic heterocycles. The van der Waals surface area contributed by atoms with E-state index in [2.05, 4.69) is 20.4 Å². The molecule has 1 amide bonds. The number of rotatable bonds is 6. The number of fused-ring (bicyclic) bond motifs is 1. The zero-order valence-corrected chi connectivity index (χ0v) is 18.1. The van der Waals surface area contributed by atoms with E-state index >= 15 is 0 Å². The first-order valence-corrected chi connectivity index (χ1v) is 10.6. The molecule has 0 saturated carbocycles. The number of amides is 1. The van der Waals surface area contributed by atoms with Gasteiger partial charge in [-0.3, -0.25) is 9.59 Å². The number of anilines is 1. The predicted molar refractivity (Wildman–Crippen MR) is 121 cm³/mol. The fourth-order valence-electron chi connectivity index (χ4n) is 3.14. The minimum atomic E-state index is -0.316. The van der Waals surface area contributed by atoms with Crippen molar-refractivity contribution in [3.05, 3.63) is 70.1 Å². The molecule has 0 radical (unpaired) electrons. The molecule has 0 atom stereocenters. The normalized spacial score (nSPS) is 10.9. The van der Waals surface area contributed by atoms with Crippen LogP contribution in [0.1, 0.15) is 11.1 Å². The lowest BCUT2D eigenvalue weighted by Crippen LogP contribution is -2.16. The molecule has 8 nitrogen and oxygen atoms in total. The van der Waals surface area contributed by atoms with Gasteiger partial charge < -0.3 is 15.0 Å². The number of methoxy groups -OCH3 is 1. The molecular formula is C22H21N5O3S. The Morgan fingerprint density at radius 1 is 1.23 bits per heavy atom. The quantitative estimate of drug-likeness (QED) is 0.355. The van der Waals surface area contributed by atoms with Gasteiger partial charge in [-0.25, -0.2) is 9.67 Å². The van der Waals surface area contributed by atoms with Crippen molar-refractivity contribution in [3.63, 3.8) is 0 Å². The van der Waals surface area contributed by atoms with Crippen molar-refractivity contribution in [3.8, 4) is 11.4 Å². The number of benzene rings is 2. The molecule has 0 aliphatic rings. The summed E-state index contributed by atoms with van der Waals surface area (Å²) in [7, 11) is 1.57. The molecule has 2 aromatic carbocycles. The van der Waals surface area contributed by atoms with Crippen LogP contribution in [0.5, 0.6) is 5.75 Å². The highest BCUT2D eigenvalue weighted by atomic mass is 32.2. The molecule has 4 aromatic rings. The van der Waals surface area contributed by atoms with Crippen molar-refractivity contribution in [2.45, 2.75) is 19.0 Å². The van der Waals surface area contributed by atoms with Gasteiger partial charge in [-0.15, -0.1) is 0 Å². The van der Waals surface area contributed by atoms with Crippen molar-refractivity contribution >= 4 is 34.4 Å². The fraction of sp³-hybridized carbons (Fsp3) is 0.182. The average molecular weight is 436 g/mol.